The van der Waals surface area contributed by atoms with Crippen molar-refractivity contribution in [3.05, 3.63) is 52.1 Å². The van der Waals surface area contributed by atoms with Crippen LogP contribution in [0.2, 0.25) is 0 Å². The Morgan fingerprint density at radius 2 is 1.09 bits per heavy atom. The first kappa shape index (κ1) is 79.4. The van der Waals surface area contributed by atoms with Crippen molar-refractivity contribution in [3.8, 4) is 0 Å². The van der Waals surface area contributed by atoms with Crippen molar-refractivity contribution in [2.45, 2.75) is 277 Å². The molecule has 3 aromatic rings. The van der Waals surface area contributed by atoms with E-state index in [4.69, 9.17) is 33.7 Å². The summed E-state index contributed by atoms with van der Waals surface area (Å²) in [6.07, 6.45) is 36.7. The number of Topliss-reactive ketones (excluding diaryl/α,β-unsaturated/α-hetero) is 1. The van der Waals surface area contributed by atoms with E-state index in [1.807, 2.05) is 0 Å². The number of hydrogen-bond donors (Lipinski definition) is 6. The molecule has 0 saturated carbocycles. The minimum Gasteiger partial charge on any atom is -0.480 e. The molecule has 514 valence electrons. The summed E-state index contributed by atoms with van der Waals surface area (Å²) in [6.45, 7) is 3.57. The minimum absolute atomic E-state index is 0.0221. The summed E-state index contributed by atoms with van der Waals surface area (Å²) in [5.41, 5.74) is 6.44. The molecular weight excluding hydrogens is 1190 g/mol. The van der Waals surface area contributed by atoms with E-state index in [2.05, 4.69) is 44.4 Å². The minimum atomic E-state index is -4.67. The van der Waals surface area contributed by atoms with Gasteiger partial charge in [-0.1, -0.05) is 194 Å². The molecule has 3 rings (SSSR count). The molecule has 0 radical (unpaired) electrons. The third kappa shape index (κ3) is 40.7. The zero-order valence-electron chi connectivity index (χ0n) is 54.8. The highest BCUT2D eigenvalue weighted by atomic mass is 31.2. The fourth-order valence-corrected chi connectivity index (χ4v) is 11.0. The van der Waals surface area contributed by atoms with Crippen LogP contribution < -0.4 is 21.9 Å². The molecule has 3 atom stereocenters. The number of amides is 1. The van der Waals surface area contributed by atoms with Crippen molar-refractivity contribution in [3.63, 3.8) is 0 Å². The van der Waals surface area contributed by atoms with Crippen molar-refractivity contribution in [1.82, 2.24) is 25.3 Å². The van der Waals surface area contributed by atoms with Gasteiger partial charge in [-0.3, -0.25) is 42.8 Å². The second kappa shape index (κ2) is 50.7. The zero-order valence-corrected chi connectivity index (χ0v) is 55.7. The fourth-order valence-electron chi connectivity index (χ4n) is 10.2. The maximum Gasteiger partial charge on any atom is 0.472 e. The number of nitrogens with one attached hydrogen (secondary N) is 3. The van der Waals surface area contributed by atoms with Gasteiger partial charge in [0.05, 0.1) is 38.3 Å². The van der Waals surface area contributed by atoms with Crippen LogP contribution in [0.5, 0.6) is 0 Å². The molecule has 0 spiro atoms. The number of carbonyl (C=O) groups is 6. The van der Waals surface area contributed by atoms with Gasteiger partial charge in [0, 0.05) is 50.0 Å². The Kier molecular flexibility index (Phi) is 44.2. The first-order chi connectivity index (χ1) is 44.1. The molecule has 91 heavy (non-hydrogen) atoms. The molecule has 1 aromatic carbocycles. The smallest absolute Gasteiger partial charge is 0.472 e. The molecule has 0 aliphatic heterocycles. The number of unbranched alkanes of at least 4 members (excludes halogenated alkanes) is 28. The summed E-state index contributed by atoms with van der Waals surface area (Å²) in [5.74, 6) is -3.80. The predicted molar refractivity (Wildman–Crippen MR) is 351 cm³/mol. The largest absolute Gasteiger partial charge is 0.480 e. The number of phosphoric ester groups is 1. The number of nitrogen functional groups attached to an aromatic ring is 1. The summed E-state index contributed by atoms with van der Waals surface area (Å²) in [6, 6.07) is 4.92. The second-order valence-electron chi connectivity index (χ2n) is 23.7. The lowest BCUT2D eigenvalue weighted by Crippen LogP contribution is -2.41. The summed E-state index contributed by atoms with van der Waals surface area (Å²) in [4.78, 5) is 113. The monoisotopic (exact) mass is 1300 g/mol. The molecule has 0 fully saturated rings. The van der Waals surface area contributed by atoms with Gasteiger partial charge in [-0.25, -0.2) is 19.3 Å². The number of benzene rings is 1. The van der Waals surface area contributed by atoms with Gasteiger partial charge in [-0.15, -0.1) is 0 Å². The number of ketones is 1. The molecule has 7 N–H and O–H groups in total. The van der Waals surface area contributed by atoms with Crippen LogP contribution in [0.25, 0.3) is 11.2 Å². The zero-order chi connectivity index (χ0) is 66.0. The molecule has 0 bridgehead atoms. The van der Waals surface area contributed by atoms with Crippen molar-refractivity contribution in [2.24, 2.45) is 0 Å². The van der Waals surface area contributed by atoms with E-state index in [0.717, 1.165) is 38.5 Å². The number of fused-ring (bicyclic) bond motifs is 1. The van der Waals surface area contributed by atoms with Gasteiger partial charge >= 0.3 is 31.7 Å². The first-order valence-electron chi connectivity index (χ1n) is 34.2. The Labute approximate surface area is 540 Å². The first-order valence-corrected chi connectivity index (χ1v) is 35.7. The Balaban J connectivity index is 1.27. The average molecular weight is 1300 g/mol. The van der Waals surface area contributed by atoms with Crippen LogP contribution >= 0.6 is 7.82 Å². The quantitative estimate of drug-likeness (QED) is 0.0132. The number of ether oxygens (including phenoxy) is 4. The number of esters is 3. The van der Waals surface area contributed by atoms with Gasteiger partial charge < -0.3 is 45.3 Å². The summed E-state index contributed by atoms with van der Waals surface area (Å²) < 4.78 is 44.8. The van der Waals surface area contributed by atoms with Gasteiger partial charge in [0.2, 0.25) is 5.95 Å². The van der Waals surface area contributed by atoms with Crippen LogP contribution in [-0.2, 0) is 63.1 Å². The number of aromatic nitrogens is 4. The van der Waals surface area contributed by atoms with Crippen LogP contribution in [0, 0.1) is 0 Å². The van der Waals surface area contributed by atoms with Crippen LogP contribution in [0.3, 0.4) is 0 Å². The van der Waals surface area contributed by atoms with E-state index < -0.39 is 61.9 Å². The molecule has 23 nitrogen and oxygen atoms in total. The lowest BCUT2D eigenvalue weighted by atomic mass is 10.0. The Hall–Kier alpha value is -5.87. The molecule has 2 heterocycles. The van der Waals surface area contributed by atoms with Crippen LogP contribution in [-0.4, -0.2) is 117 Å². The molecule has 0 saturated heterocycles. The standard InChI is InChI=1S/C67H110N7O16P/c1-3-5-7-9-11-13-15-17-19-21-23-25-27-29-31-36-60(77)87-51-57(90-61(78)37-32-30-28-26-24-22-20-18-16-14-12-10-8-6-4-2)52-89-91(83,84)88-46-34-38-59(76)86-48-47-85-45-33-35-56(75)43-44-58(66(81)82)72-64(79)53-39-41-54(42-40-53)69-49-55-50-70-63-62(71-55)65(80)74-67(68)73-63/h39-42,50,57-58,69H,3-38,43-49,51-52H2,1-2H3,(H,72,79)(H,81,82)(H,83,84)(H3,68,70,73,74,80). The van der Waals surface area contributed by atoms with Gasteiger partial charge in [-0.2, -0.15) is 4.98 Å². The molecule has 3 unspecified atom stereocenters. The van der Waals surface area contributed by atoms with E-state index in [0.29, 0.717) is 30.6 Å². The molecule has 0 aliphatic rings. The highest BCUT2D eigenvalue weighted by molar-refractivity contribution is 7.47. The fraction of sp³-hybridized carbons (Fsp3) is 0.731. The molecule has 0 aliphatic carbocycles. The van der Waals surface area contributed by atoms with E-state index in [-0.39, 0.29) is 113 Å². The maximum absolute atomic E-state index is 12.9. The van der Waals surface area contributed by atoms with Crippen LogP contribution in [0.1, 0.15) is 274 Å². The third-order valence-corrected chi connectivity index (χ3v) is 16.5. The van der Waals surface area contributed by atoms with Gasteiger partial charge in [0.25, 0.3) is 11.5 Å². The number of phosphoric acid groups is 1. The number of aliphatic carboxylic acids is 1. The Morgan fingerprint density at radius 3 is 1.64 bits per heavy atom. The number of carboxylic acid groups (broad SMARTS) is 1. The van der Waals surface area contributed by atoms with Crippen molar-refractivity contribution in [1.29, 1.82) is 0 Å². The van der Waals surface area contributed by atoms with Crippen molar-refractivity contribution >= 4 is 66.2 Å². The topological polar surface area (TPSA) is 337 Å². The van der Waals surface area contributed by atoms with Gasteiger partial charge in [-0.05, 0) is 56.4 Å². The SMILES string of the molecule is CCCCCCCCCCCCCCCCCC(=O)OCC(COP(=O)(O)OCCCC(=O)OCCOCCCC(=O)CCC(NC(=O)c1ccc(NCc2cnc3nc(N)[nH]c(=O)c3n2)cc1)C(=O)O)OC(=O)CCCCCCCCCCCCCCCCC. The van der Waals surface area contributed by atoms with Gasteiger partial charge in [0.1, 0.15) is 25.0 Å². The molecule has 1 amide bonds. The number of anilines is 2. The number of aromatic amines is 1. The number of nitrogens with zero attached hydrogens (tertiary/aromatic N) is 3. The molecule has 2 aromatic heterocycles. The van der Waals surface area contributed by atoms with Crippen molar-refractivity contribution in [2.75, 3.05) is 50.7 Å². The number of nitrogens with two attached hydrogens (primary N) is 1. The van der Waals surface area contributed by atoms with Gasteiger partial charge in [0.15, 0.2) is 17.3 Å². The number of carboxylic acids is 1. The predicted octanol–water partition coefficient (Wildman–Crippen LogP) is 13.7. The van der Waals surface area contributed by atoms with E-state index in [9.17, 15) is 48.1 Å². The highest BCUT2D eigenvalue weighted by Crippen LogP contribution is 2.43. The van der Waals surface area contributed by atoms with Crippen LogP contribution in [0.4, 0.5) is 11.6 Å². The third-order valence-electron chi connectivity index (χ3n) is 15.6. The maximum atomic E-state index is 12.9. The molecule has 24 heteroatoms. The normalized spacial score (nSPS) is 12.7. The number of H-pyrrole nitrogens is 1. The summed E-state index contributed by atoms with van der Waals surface area (Å²) in [7, 11) is -4.67. The van der Waals surface area contributed by atoms with E-state index >= 15 is 0 Å². The Bertz CT molecular complexity index is 2610. The van der Waals surface area contributed by atoms with E-state index in [1.54, 1.807) is 12.1 Å². The number of rotatable bonds is 59. The highest BCUT2D eigenvalue weighted by Gasteiger charge is 2.27. The van der Waals surface area contributed by atoms with Crippen LogP contribution in [0.15, 0.2) is 35.3 Å². The summed E-state index contributed by atoms with van der Waals surface area (Å²) >= 11 is 0. The second-order valence-corrected chi connectivity index (χ2v) is 25.1. The average Bonchev–Trinajstić information content (AvgIpc) is 1.10. The van der Waals surface area contributed by atoms with Crippen molar-refractivity contribution < 1.29 is 71.3 Å². The lowest BCUT2D eigenvalue weighted by Gasteiger charge is -2.20. The van der Waals surface area contributed by atoms with E-state index in [1.165, 1.54) is 160 Å². The lowest BCUT2D eigenvalue weighted by molar-refractivity contribution is -0.161. The Morgan fingerprint density at radius 1 is 0.582 bits per heavy atom. The number of hydrogen-bond acceptors (Lipinski definition) is 19. The number of carbonyl (C=O) groups excluding carboxylic acids is 5. The molecular formula is C67H110N7O16P. The summed E-state index contributed by atoms with van der Waals surface area (Å²) in [5, 5.41) is 15.3.